The Morgan fingerprint density at radius 2 is 1.83 bits per heavy atom. The van der Waals surface area contributed by atoms with Gasteiger partial charge in [-0.2, -0.15) is 0 Å². The zero-order valence-corrected chi connectivity index (χ0v) is 14.7. The van der Waals surface area contributed by atoms with Gasteiger partial charge < -0.3 is 9.80 Å². The first-order chi connectivity index (χ1) is 11.7. The molecule has 1 aromatic carbocycles. The summed E-state index contributed by atoms with van der Waals surface area (Å²) in [6.45, 7) is 5.27. The first-order valence-corrected chi connectivity index (χ1v) is 9.20. The smallest absolute Gasteiger partial charge is 0.232 e. The highest BCUT2D eigenvalue weighted by atomic mass is 32.2. The van der Waals surface area contributed by atoms with Gasteiger partial charge in [-0.25, -0.2) is 9.97 Å². The number of benzene rings is 1. The maximum absolute atomic E-state index is 12.5. The number of nitrogens with zero attached hydrogens (tertiary/aromatic N) is 4. The van der Waals surface area contributed by atoms with E-state index in [-0.39, 0.29) is 5.91 Å². The number of amides is 1. The molecule has 0 aliphatic carbocycles. The van der Waals surface area contributed by atoms with Gasteiger partial charge in [0.15, 0.2) is 0 Å². The summed E-state index contributed by atoms with van der Waals surface area (Å²) in [6, 6.07) is 10.1. The van der Waals surface area contributed by atoms with E-state index in [2.05, 4.69) is 46.1 Å². The van der Waals surface area contributed by atoms with E-state index in [4.69, 9.17) is 0 Å². The summed E-state index contributed by atoms with van der Waals surface area (Å²) < 4.78 is 0. The summed E-state index contributed by atoms with van der Waals surface area (Å²) in [6.07, 6.45) is 4.46. The largest absolute Gasteiger partial charge is 0.340 e. The van der Waals surface area contributed by atoms with Gasteiger partial charge in [-0.15, -0.1) is 11.8 Å². The molecule has 0 saturated carbocycles. The summed E-state index contributed by atoms with van der Waals surface area (Å²) >= 11 is 1.61. The molecular weight excluding hydrogens is 320 g/mol. The number of carbonyl (C=O) groups is 1. The molecule has 3 rings (SSSR count). The molecule has 5 nitrogen and oxygen atoms in total. The fraction of sp³-hybridized carbons (Fsp3) is 0.389. The van der Waals surface area contributed by atoms with E-state index in [1.165, 1.54) is 5.56 Å². The number of thioether (sulfide) groups is 1. The van der Waals surface area contributed by atoms with E-state index in [1.54, 1.807) is 24.2 Å². The molecule has 1 amide bonds. The van der Waals surface area contributed by atoms with Crippen molar-refractivity contribution in [2.75, 3.05) is 36.8 Å². The van der Waals surface area contributed by atoms with Gasteiger partial charge in [-0.1, -0.05) is 17.7 Å². The van der Waals surface area contributed by atoms with Gasteiger partial charge >= 0.3 is 0 Å². The van der Waals surface area contributed by atoms with Crippen LogP contribution in [0, 0.1) is 6.92 Å². The molecule has 1 aliphatic heterocycles. The van der Waals surface area contributed by atoms with Gasteiger partial charge in [0.1, 0.15) is 0 Å². The van der Waals surface area contributed by atoms with Crippen LogP contribution in [-0.2, 0) is 4.79 Å². The van der Waals surface area contributed by atoms with Crippen LogP contribution >= 0.6 is 11.8 Å². The topological polar surface area (TPSA) is 49.3 Å². The molecule has 0 radical (unpaired) electrons. The molecule has 1 aromatic heterocycles. The minimum atomic E-state index is 0.205. The number of aryl methyl sites for hydroxylation is 1. The highest BCUT2D eigenvalue weighted by Gasteiger charge is 2.20. The molecule has 0 bridgehead atoms. The van der Waals surface area contributed by atoms with Crippen LogP contribution in [0.2, 0.25) is 0 Å². The lowest BCUT2D eigenvalue weighted by Gasteiger charge is -2.22. The Bertz CT molecular complexity index is 662. The lowest BCUT2D eigenvalue weighted by atomic mass is 10.2. The van der Waals surface area contributed by atoms with E-state index in [0.717, 1.165) is 43.4 Å². The third-order valence-electron chi connectivity index (χ3n) is 4.07. The van der Waals surface area contributed by atoms with Gasteiger partial charge in [-0.3, -0.25) is 4.79 Å². The van der Waals surface area contributed by atoms with Gasteiger partial charge in [0.2, 0.25) is 11.9 Å². The van der Waals surface area contributed by atoms with Crippen LogP contribution in [0.5, 0.6) is 0 Å². The average Bonchev–Trinajstić information content (AvgIpc) is 2.88. The van der Waals surface area contributed by atoms with E-state index < -0.39 is 0 Å². The maximum Gasteiger partial charge on any atom is 0.232 e. The van der Waals surface area contributed by atoms with Crippen LogP contribution in [0.1, 0.15) is 12.0 Å². The van der Waals surface area contributed by atoms with Crippen molar-refractivity contribution in [3.05, 3.63) is 48.3 Å². The summed E-state index contributed by atoms with van der Waals surface area (Å²) in [4.78, 5) is 26.4. The third kappa shape index (κ3) is 4.47. The molecule has 6 heteroatoms. The Morgan fingerprint density at radius 3 is 2.58 bits per heavy atom. The molecule has 24 heavy (non-hydrogen) atoms. The SMILES string of the molecule is Cc1ccc(SCC(=O)N2CCCN(c3ncccn3)CC2)cc1. The van der Waals surface area contributed by atoms with Crippen molar-refractivity contribution in [1.82, 2.24) is 14.9 Å². The van der Waals surface area contributed by atoms with Gasteiger partial charge in [0.25, 0.3) is 0 Å². The van der Waals surface area contributed by atoms with Crippen LogP contribution in [0.25, 0.3) is 0 Å². The minimum absolute atomic E-state index is 0.205. The van der Waals surface area contributed by atoms with Crippen LogP contribution < -0.4 is 4.90 Å². The monoisotopic (exact) mass is 342 g/mol. The molecule has 0 spiro atoms. The highest BCUT2D eigenvalue weighted by molar-refractivity contribution is 8.00. The molecule has 2 aromatic rings. The zero-order chi connectivity index (χ0) is 16.8. The van der Waals surface area contributed by atoms with Crippen LogP contribution in [0.4, 0.5) is 5.95 Å². The second-order valence-electron chi connectivity index (χ2n) is 5.87. The Balaban J connectivity index is 1.52. The molecule has 1 aliphatic rings. The van der Waals surface area contributed by atoms with Crippen molar-refractivity contribution < 1.29 is 4.79 Å². The molecular formula is C18H22N4OS. The fourth-order valence-electron chi connectivity index (χ4n) is 2.69. The lowest BCUT2D eigenvalue weighted by molar-refractivity contribution is -0.128. The van der Waals surface area contributed by atoms with Crippen LogP contribution in [0.15, 0.2) is 47.6 Å². The summed E-state index contributed by atoms with van der Waals surface area (Å²) in [5.41, 5.74) is 1.24. The first-order valence-electron chi connectivity index (χ1n) is 8.21. The summed E-state index contributed by atoms with van der Waals surface area (Å²) in [7, 11) is 0. The van der Waals surface area contributed by atoms with Crippen LogP contribution in [0.3, 0.4) is 0 Å². The van der Waals surface area contributed by atoms with E-state index >= 15 is 0 Å². The van der Waals surface area contributed by atoms with Gasteiger partial charge in [0, 0.05) is 43.5 Å². The van der Waals surface area contributed by atoms with Crippen molar-refractivity contribution in [2.24, 2.45) is 0 Å². The van der Waals surface area contributed by atoms with Crippen molar-refractivity contribution >= 4 is 23.6 Å². The van der Waals surface area contributed by atoms with E-state index in [0.29, 0.717) is 5.75 Å². The maximum atomic E-state index is 12.5. The molecule has 0 unspecified atom stereocenters. The normalized spacial score (nSPS) is 15.2. The molecule has 1 saturated heterocycles. The van der Waals surface area contributed by atoms with Crippen LogP contribution in [-0.4, -0.2) is 52.7 Å². The summed E-state index contributed by atoms with van der Waals surface area (Å²) in [5.74, 6) is 1.45. The second-order valence-corrected chi connectivity index (χ2v) is 6.92. The fourth-order valence-corrected chi connectivity index (χ4v) is 3.49. The Labute approximate surface area is 147 Å². The molecule has 0 atom stereocenters. The molecule has 2 heterocycles. The second kappa shape index (κ2) is 8.15. The lowest BCUT2D eigenvalue weighted by Crippen LogP contribution is -2.36. The van der Waals surface area contributed by atoms with Crippen molar-refractivity contribution in [1.29, 1.82) is 0 Å². The van der Waals surface area contributed by atoms with E-state index in [1.807, 2.05) is 11.0 Å². The van der Waals surface area contributed by atoms with Gasteiger partial charge in [0.05, 0.1) is 5.75 Å². The third-order valence-corrected chi connectivity index (χ3v) is 5.06. The predicted molar refractivity (Wildman–Crippen MR) is 97.3 cm³/mol. The Kier molecular flexibility index (Phi) is 5.69. The number of hydrogen-bond acceptors (Lipinski definition) is 5. The zero-order valence-electron chi connectivity index (χ0n) is 13.9. The number of aromatic nitrogens is 2. The van der Waals surface area contributed by atoms with Crippen molar-refractivity contribution in [2.45, 2.75) is 18.2 Å². The quantitative estimate of drug-likeness (QED) is 0.800. The highest BCUT2D eigenvalue weighted by Crippen LogP contribution is 2.19. The molecule has 126 valence electrons. The first kappa shape index (κ1) is 16.8. The molecule has 1 fully saturated rings. The predicted octanol–water partition coefficient (Wildman–Crippen LogP) is 2.62. The minimum Gasteiger partial charge on any atom is -0.340 e. The van der Waals surface area contributed by atoms with Crippen molar-refractivity contribution in [3.8, 4) is 0 Å². The van der Waals surface area contributed by atoms with Crippen molar-refractivity contribution in [3.63, 3.8) is 0 Å². The van der Waals surface area contributed by atoms with Gasteiger partial charge in [-0.05, 0) is 31.5 Å². The average molecular weight is 342 g/mol. The standard InChI is InChI=1S/C18H22N4OS/c1-15-4-6-16(7-5-15)24-14-17(23)21-10-3-11-22(13-12-21)18-19-8-2-9-20-18/h2,4-9H,3,10-14H2,1H3. The molecule has 0 N–H and O–H groups in total. The summed E-state index contributed by atoms with van der Waals surface area (Å²) in [5, 5.41) is 0. The number of rotatable bonds is 4. The number of hydrogen-bond donors (Lipinski definition) is 0. The van der Waals surface area contributed by atoms with E-state index in [9.17, 15) is 4.79 Å². The Hall–Kier alpha value is -2.08. The Morgan fingerprint density at radius 1 is 1.08 bits per heavy atom. The number of carbonyl (C=O) groups excluding carboxylic acids is 1. The number of anilines is 1.